The van der Waals surface area contributed by atoms with Crippen LogP contribution in [0.4, 0.5) is 11.9 Å². The van der Waals surface area contributed by atoms with E-state index >= 15 is 0 Å². The second kappa shape index (κ2) is 7.38. The van der Waals surface area contributed by atoms with Gasteiger partial charge in [-0.2, -0.15) is 15.0 Å². The SMILES string of the molecule is CN(C)c1nc(SCC(=O)NN)nc(N2CCOCC2)n1. The molecule has 0 atom stereocenters. The quantitative estimate of drug-likeness (QED) is 0.301. The number of nitrogens with one attached hydrogen (secondary N) is 1. The monoisotopic (exact) mass is 313 g/mol. The zero-order valence-electron chi connectivity index (χ0n) is 12.1. The standard InChI is InChI=1S/C11H19N7O2S/c1-17(2)9-13-10(18-3-5-20-6-4-18)15-11(14-9)21-7-8(19)16-12/h3-7,12H2,1-2H3,(H,16,19). The molecule has 0 bridgehead atoms. The molecule has 10 heteroatoms. The molecule has 9 nitrogen and oxygen atoms in total. The van der Waals surface area contributed by atoms with Gasteiger partial charge < -0.3 is 14.5 Å². The van der Waals surface area contributed by atoms with Crippen molar-refractivity contribution in [3.8, 4) is 0 Å². The van der Waals surface area contributed by atoms with Crippen LogP contribution in [0.25, 0.3) is 0 Å². The lowest BCUT2D eigenvalue weighted by atomic mass is 10.4. The third-order valence-corrected chi connectivity index (χ3v) is 3.63. The number of rotatable bonds is 5. The number of aromatic nitrogens is 3. The lowest BCUT2D eigenvalue weighted by Gasteiger charge is -2.27. The van der Waals surface area contributed by atoms with E-state index in [1.807, 2.05) is 19.0 Å². The summed E-state index contributed by atoms with van der Waals surface area (Å²) in [5.41, 5.74) is 2.08. The van der Waals surface area contributed by atoms with Crippen LogP contribution in [0.2, 0.25) is 0 Å². The van der Waals surface area contributed by atoms with Crippen molar-refractivity contribution in [2.24, 2.45) is 5.84 Å². The fourth-order valence-electron chi connectivity index (χ4n) is 1.68. The number of hydrazine groups is 1. The molecule has 1 aromatic heterocycles. The van der Waals surface area contributed by atoms with E-state index in [4.69, 9.17) is 10.6 Å². The van der Waals surface area contributed by atoms with E-state index in [0.29, 0.717) is 30.3 Å². The molecule has 0 aromatic carbocycles. The Morgan fingerprint density at radius 1 is 1.38 bits per heavy atom. The summed E-state index contributed by atoms with van der Waals surface area (Å²) in [5.74, 6) is 6.11. The first kappa shape index (κ1) is 15.7. The second-order valence-corrected chi connectivity index (χ2v) is 5.51. The molecule has 1 aliphatic heterocycles. The number of nitrogens with zero attached hydrogens (tertiary/aromatic N) is 5. The maximum Gasteiger partial charge on any atom is 0.244 e. The molecule has 21 heavy (non-hydrogen) atoms. The number of hydrogen-bond acceptors (Lipinski definition) is 9. The highest BCUT2D eigenvalue weighted by atomic mass is 32.2. The maximum absolute atomic E-state index is 11.2. The van der Waals surface area contributed by atoms with Gasteiger partial charge in [-0.3, -0.25) is 10.2 Å². The van der Waals surface area contributed by atoms with Crippen LogP contribution in [0.1, 0.15) is 0 Å². The number of hydrogen-bond donors (Lipinski definition) is 2. The normalized spacial score (nSPS) is 14.9. The summed E-state index contributed by atoms with van der Waals surface area (Å²) >= 11 is 1.22. The van der Waals surface area contributed by atoms with Gasteiger partial charge in [-0.05, 0) is 0 Å². The molecule has 0 radical (unpaired) electrons. The largest absolute Gasteiger partial charge is 0.378 e. The number of morpholine rings is 1. The second-order valence-electron chi connectivity index (χ2n) is 4.57. The molecule has 0 spiro atoms. The zero-order valence-corrected chi connectivity index (χ0v) is 12.9. The van der Waals surface area contributed by atoms with E-state index in [1.54, 1.807) is 4.90 Å². The van der Waals surface area contributed by atoms with Gasteiger partial charge in [0, 0.05) is 27.2 Å². The van der Waals surface area contributed by atoms with Gasteiger partial charge in [0.15, 0.2) is 5.16 Å². The van der Waals surface area contributed by atoms with Crippen LogP contribution in [0.15, 0.2) is 5.16 Å². The van der Waals surface area contributed by atoms with Crippen molar-refractivity contribution in [2.45, 2.75) is 5.16 Å². The highest BCUT2D eigenvalue weighted by Crippen LogP contribution is 2.20. The predicted molar refractivity (Wildman–Crippen MR) is 80.2 cm³/mol. The Kier molecular flexibility index (Phi) is 5.53. The van der Waals surface area contributed by atoms with Gasteiger partial charge in [0.05, 0.1) is 19.0 Å². The molecule has 2 rings (SSSR count). The van der Waals surface area contributed by atoms with E-state index in [2.05, 4.69) is 20.4 Å². The van der Waals surface area contributed by atoms with E-state index < -0.39 is 0 Å². The molecule has 0 aliphatic carbocycles. The van der Waals surface area contributed by atoms with E-state index in [-0.39, 0.29) is 11.7 Å². The number of ether oxygens (including phenoxy) is 1. The summed E-state index contributed by atoms with van der Waals surface area (Å²) in [6.07, 6.45) is 0. The summed E-state index contributed by atoms with van der Waals surface area (Å²) in [7, 11) is 3.72. The van der Waals surface area contributed by atoms with Crippen LogP contribution < -0.4 is 21.1 Å². The minimum Gasteiger partial charge on any atom is -0.378 e. The number of amides is 1. The van der Waals surface area contributed by atoms with Gasteiger partial charge in [-0.15, -0.1) is 0 Å². The number of anilines is 2. The maximum atomic E-state index is 11.2. The third-order valence-electron chi connectivity index (χ3n) is 2.78. The summed E-state index contributed by atoms with van der Waals surface area (Å²) in [6, 6.07) is 0. The predicted octanol–water partition coefficient (Wildman–Crippen LogP) is -1.14. The first-order chi connectivity index (χ1) is 10.1. The van der Waals surface area contributed by atoms with Gasteiger partial charge in [0.1, 0.15) is 0 Å². The summed E-state index contributed by atoms with van der Waals surface area (Å²) in [6.45, 7) is 2.79. The van der Waals surface area contributed by atoms with Gasteiger partial charge in [-0.25, -0.2) is 5.84 Å². The molecule has 1 fully saturated rings. The summed E-state index contributed by atoms with van der Waals surface area (Å²) in [4.78, 5) is 28.2. The molecule has 0 unspecified atom stereocenters. The van der Waals surface area contributed by atoms with Crippen molar-refractivity contribution >= 4 is 29.6 Å². The van der Waals surface area contributed by atoms with E-state index in [0.717, 1.165) is 13.1 Å². The lowest BCUT2D eigenvalue weighted by molar-refractivity contribution is -0.118. The Hall–Kier alpha value is -1.65. The number of carbonyl (C=O) groups excluding carboxylic acids is 1. The van der Waals surface area contributed by atoms with Crippen molar-refractivity contribution in [1.82, 2.24) is 20.4 Å². The summed E-state index contributed by atoms with van der Waals surface area (Å²) < 4.78 is 5.33. The topological polar surface area (TPSA) is 110 Å². The van der Waals surface area contributed by atoms with Gasteiger partial charge >= 0.3 is 0 Å². The molecule has 1 amide bonds. The van der Waals surface area contributed by atoms with Crippen molar-refractivity contribution in [1.29, 1.82) is 0 Å². The van der Waals surface area contributed by atoms with Crippen LogP contribution in [0, 0.1) is 0 Å². The molecule has 0 saturated carbocycles. The van der Waals surface area contributed by atoms with E-state index in [1.165, 1.54) is 11.8 Å². The number of thioether (sulfide) groups is 1. The number of carbonyl (C=O) groups is 1. The average molecular weight is 313 g/mol. The van der Waals surface area contributed by atoms with E-state index in [9.17, 15) is 4.79 Å². The molecular weight excluding hydrogens is 294 g/mol. The minimum absolute atomic E-state index is 0.163. The Labute approximate surface area is 127 Å². The van der Waals surface area contributed by atoms with Crippen LogP contribution in [0.3, 0.4) is 0 Å². The van der Waals surface area contributed by atoms with Gasteiger partial charge in [0.25, 0.3) is 0 Å². The first-order valence-corrected chi connectivity index (χ1v) is 7.47. The fraction of sp³-hybridized carbons (Fsp3) is 0.636. The first-order valence-electron chi connectivity index (χ1n) is 6.48. The lowest BCUT2D eigenvalue weighted by Crippen LogP contribution is -2.37. The Morgan fingerprint density at radius 2 is 2.10 bits per heavy atom. The highest BCUT2D eigenvalue weighted by Gasteiger charge is 2.17. The Balaban J connectivity index is 2.18. The fourth-order valence-corrected chi connectivity index (χ4v) is 2.31. The average Bonchev–Trinajstić information content (AvgIpc) is 2.53. The Bertz CT molecular complexity index is 493. The third kappa shape index (κ3) is 4.41. The number of nitrogens with two attached hydrogens (primary N) is 1. The van der Waals surface area contributed by atoms with Crippen molar-refractivity contribution in [3.05, 3.63) is 0 Å². The highest BCUT2D eigenvalue weighted by molar-refractivity contribution is 7.99. The Morgan fingerprint density at radius 3 is 2.71 bits per heavy atom. The van der Waals surface area contributed by atoms with Crippen LogP contribution in [-0.2, 0) is 9.53 Å². The molecule has 116 valence electrons. The smallest absolute Gasteiger partial charge is 0.244 e. The van der Waals surface area contributed by atoms with Gasteiger partial charge in [-0.1, -0.05) is 11.8 Å². The molecule has 2 heterocycles. The van der Waals surface area contributed by atoms with Gasteiger partial charge in [0.2, 0.25) is 17.8 Å². The molecule has 1 aromatic rings. The zero-order chi connectivity index (χ0) is 15.2. The van der Waals surface area contributed by atoms with Crippen molar-refractivity contribution in [3.63, 3.8) is 0 Å². The molecule has 1 saturated heterocycles. The summed E-state index contributed by atoms with van der Waals surface area (Å²) in [5, 5.41) is 0.499. The van der Waals surface area contributed by atoms with Crippen molar-refractivity contribution in [2.75, 3.05) is 56.0 Å². The molecular formula is C11H19N7O2S. The van der Waals surface area contributed by atoms with Crippen molar-refractivity contribution < 1.29 is 9.53 Å². The van der Waals surface area contributed by atoms with Crippen LogP contribution >= 0.6 is 11.8 Å². The molecule has 3 N–H and O–H groups in total. The minimum atomic E-state index is -0.278. The van der Waals surface area contributed by atoms with Crippen LogP contribution in [-0.4, -0.2) is 67.0 Å². The molecule has 1 aliphatic rings. The van der Waals surface area contributed by atoms with Crippen LogP contribution in [0.5, 0.6) is 0 Å².